The Labute approximate surface area is 267 Å². The first-order chi connectivity index (χ1) is 21.9. The van der Waals surface area contributed by atoms with Crippen molar-refractivity contribution in [1.82, 2.24) is 29.7 Å². The molecule has 0 unspecified atom stereocenters. The minimum Gasteiger partial charge on any atom is -0.449 e. The first-order valence-electron chi connectivity index (χ1n) is 15.6. The summed E-state index contributed by atoms with van der Waals surface area (Å²) in [6.45, 7) is 3.81. The minimum absolute atomic E-state index is 0.179. The van der Waals surface area contributed by atoms with Gasteiger partial charge in [0.05, 0.1) is 55.8 Å². The standard InChI is InChI=1S/C33H37ClN6O5/c1-38-20-35-17-28(38)30(37-32(41)44-18-21-4-5-21)27-15-22-3-2-9-36-29(22)31(25-7-6-23(34)16-26(25)27)39-10-12-40(13-11-39)33(42)45-24-8-14-43-19-24/h2-3,6-7,9,15-17,20-21,24,30-31H,4-5,8,10-14,18-19H2,1H3,(H,37,41)/t24-,30+,31-/m0/s1. The monoisotopic (exact) mass is 632 g/mol. The average Bonchev–Trinajstić information content (AvgIpc) is 3.61. The third-order valence-electron chi connectivity index (χ3n) is 9.03. The Morgan fingerprint density at radius 3 is 2.73 bits per heavy atom. The summed E-state index contributed by atoms with van der Waals surface area (Å²) < 4.78 is 18.6. The summed E-state index contributed by atoms with van der Waals surface area (Å²) in [4.78, 5) is 39.5. The van der Waals surface area contributed by atoms with E-state index in [0.29, 0.717) is 56.9 Å². The highest BCUT2D eigenvalue weighted by molar-refractivity contribution is 6.30. The number of halogens is 1. The van der Waals surface area contributed by atoms with Gasteiger partial charge in [0.2, 0.25) is 0 Å². The third-order valence-corrected chi connectivity index (χ3v) is 9.26. The van der Waals surface area contributed by atoms with Crippen LogP contribution in [0.5, 0.6) is 0 Å². The summed E-state index contributed by atoms with van der Waals surface area (Å²) in [5.74, 6) is 0.445. The van der Waals surface area contributed by atoms with Crippen LogP contribution in [0.15, 0.2) is 49.1 Å². The molecule has 2 saturated heterocycles. The van der Waals surface area contributed by atoms with E-state index < -0.39 is 12.1 Å². The molecule has 3 atom stereocenters. The van der Waals surface area contributed by atoms with Crippen LogP contribution in [0, 0.1) is 5.92 Å². The molecule has 3 aromatic rings. The predicted molar refractivity (Wildman–Crippen MR) is 167 cm³/mol. The number of pyridine rings is 1. The van der Waals surface area contributed by atoms with Crippen LogP contribution in [-0.2, 0) is 21.3 Å². The molecule has 45 heavy (non-hydrogen) atoms. The summed E-state index contributed by atoms with van der Waals surface area (Å²) in [5, 5.41) is 3.72. The maximum Gasteiger partial charge on any atom is 0.410 e. The number of carbonyl (C=O) groups excluding carboxylic acids is 2. The van der Waals surface area contributed by atoms with Gasteiger partial charge in [-0.05, 0) is 65.3 Å². The average molecular weight is 633 g/mol. The Kier molecular flexibility index (Phi) is 8.48. The second-order valence-electron chi connectivity index (χ2n) is 12.2. The number of nitrogens with zero attached hydrogens (tertiary/aromatic N) is 5. The molecule has 0 radical (unpaired) electrons. The van der Waals surface area contributed by atoms with Crippen molar-refractivity contribution in [2.75, 3.05) is 46.0 Å². The molecule has 4 aliphatic rings. The second-order valence-corrected chi connectivity index (χ2v) is 12.6. The largest absolute Gasteiger partial charge is 0.449 e. The fourth-order valence-electron chi connectivity index (χ4n) is 6.38. The van der Waals surface area contributed by atoms with Crippen LogP contribution < -0.4 is 5.32 Å². The van der Waals surface area contributed by atoms with Gasteiger partial charge in [0, 0.05) is 50.9 Å². The number of alkyl carbamates (subject to hydrolysis) is 1. The number of nitrogens with one attached hydrogen (secondary N) is 1. The van der Waals surface area contributed by atoms with E-state index in [1.807, 2.05) is 48.1 Å². The van der Waals surface area contributed by atoms with Crippen molar-refractivity contribution < 1.29 is 23.8 Å². The first-order valence-corrected chi connectivity index (χ1v) is 16.0. The molecule has 2 aliphatic heterocycles. The Morgan fingerprint density at radius 2 is 2.00 bits per heavy atom. The number of benzene rings is 1. The van der Waals surface area contributed by atoms with Crippen molar-refractivity contribution in [3.63, 3.8) is 0 Å². The Morgan fingerprint density at radius 1 is 1.16 bits per heavy atom. The number of imidazole rings is 1. The van der Waals surface area contributed by atoms with Crippen LogP contribution in [0.4, 0.5) is 9.59 Å². The zero-order chi connectivity index (χ0) is 30.9. The number of hydrogen-bond donors (Lipinski definition) is 1. The number of fused-ring (bicyclic) bond motifs is 2. The lowest BCUT2D eigenvalue weighted by atomic mass is 9.90. The Balaban J connectivity index is 1.22. The second kappa shape index (κ2) is 12.8. The van der Waals surface area contributed by atoms with Gasteiger partial charge in [-0.15, -0.1) is 0 Å². The molecule has 1 aromatic carbocycles. The fraction of sp³-hybridized carbons (Fsp3) is 0.455. The smallest absolute Gasteiger partial charge is 0.410 e. The molecule has 3 fully saturated rings. The van der Waals surface area contributed by atoms with Crippen molar-refractivity contribution in [3.05, 3.63) is 82.2 Å². The van der Waals surface area contributed by atoms with Crippen LogP contribution in [0.3, 0.4) is 0 Å². The van der Waals surface area contributed by atoms with Crippen molar-refractivity contribution in [1.29, 1.82) is 0 Å². The van der Waals surface area contributed by atoms with E-state index in [2.05, 4.69) is 21.3 Å². The molecule has 4 heterocycles. The van der Waals surface area contributed by atoms with E-state index in [4.69, 9.17) is 30.8 Å². The van der Waals surface area contributed by atoms with Gasteiger partial charge >= 0.3 is 12.2 Å². The van der Waals surface area contributed by atoms with Gasteiger partial charge in [0.25, 0.3) is 0 Å². The number of aromatic nitrogens is 3. The van der Waals surface area contributed by atoms with Crippen molar-refractivity contribution in [3.8, 4) is 0 Å². The summed E-state index contributed by atoms with van der Waals surface area (Å²) in [6, 6.07) is 9.09. The fourth-order valence-corrected chi connectivity index (χ4v) is 6.55. The van der Waals surface area contributed by atoms with E-state index in [-0.39, 0.29) is 18.2 Å². The van der Waals surface area contributed by atoms with Gasteiger partial charge < -0.3 is 29.0 Å². The van der Waals surface area contributed by atoms with Gasteiger partial charge in [-0.2, -0.15) is 0 Å². The topological polar surface area (TPSA) is 111 Å². The molecule has 2 amide bonds. The zero-order valence-electron chi connectivity index (χ0n) is 25.2. The van der Waals surface area contributed by atoms with Gasteiger partial charge in [0.15, 0.2) is 0 Å². The number of hydrogen-bond acceptors (Lipinski definition) is 8. The minimum atomic E-state index is -0.570. The predicted octanol–water partition coefficient (Wildman–Crippen LogP) is 4.83. The molecule has 2 aliphatic carbocycles. The number of aryl methyl sites for hydroxylation is 1. The number of carbonyl (C=O) groups is 2. The van der Waals surface area contributed by atoms with E-state index in [1.165, 1.54) is 0 Å². The lowest BCUT2D eigenvalue weighted by Gasteiger charge is -2.39. The summed E-state index contributed by atoms with van der Waals surface area (Å²) >= 11 is 6.67. The van der Waals surface area contributed by atoms with Crippen LogP contribution in [0.2, 0.25) is 5.02 Å². The molecule has 0 bridgehead atoms. The zero-order valence-corrected chi connectivity index (χ0v) is 26.0. The highest BCUT2D eigenvalue weighted by Gasteiger charge is 2.37. The molecule has 7 rings (SSSR count). The lowest BCUT2D eigenvalue weighted by Crippen LogP contribution is -2.50. The van der Waals surface area contributed by atoms with Gasteiger partial charge in [-0.1, -0.05) is 23.7 Å². The van der Waals surface area contributed by atoms with E-state index in [1.54, 1.807) is 17.4 Å². The number of ether oxygens (including phenoxy) is 3. The summed E-state index contributed by atoms with van der Waals surface area (Å²) in [5.41, 5.74) is 5.42. The van der Waals surface area contributed by atoms with Crippen molar-refractivity contribution >= 4 is 35.4 Å². The van der Waals surface area contributed by atoms with Gasteiger partial charge in [0.1, 0.15) is 6.10 Å². The summed E-state index contributed by atoms with van der Waals surface area (Å²) in [7, 11) is 1.91. The molecule has 1 saturated carbocycles. The summed E-state index contributed by atoms with van der Waals surface area (Å²) in [6.07, 6.45) is 9.35. The van der Waals surface area contributed by atoms with Crippen LogP contribution in [0.25, 0.3) is 11.6 Å². The van der Waals surface area contributed by atoms with E-state index in [9.17, 15) is 9.59 Å². The Bertz CT molecular complexity index is 1590. The quantitative estimate of drug-likeness (QED) is 0.394. The van der Waals surface area contributed by atoms with Crippen LogP contribution >= 0.6 is 11.6 Å². The number of rotatable bonds is 7. The lowest BCUT2D eigenvalue weighted by molar-refractivity contribution is 0.0366. The van der Waals surface area contributed by atoms with Gasteiger partial charge in [-0.25, -0.2) is 14.6 Å². The maximum absolute atomic E-state index is 13.2. The molecular weight excluding hydrogens is 596 g/mol. The van der Waals surface area contributed by atoms with Crippen molar-refractivity contribution in [2.24, 2.45) is 13.0 Å². The number of amides is 2. The molecule has 236 valence electrons. The third kappa shape index (κ3) is 6.43. The Hall–Kier alpha value is -3.93. The normalized spacial score (nSPS) is 22.1. The van der Waals surface area contributed by atoms with Gasteiger partial charge in [-0.3, -0.25) is 9.88 Å². The number of piperazine rings is 1. The van der Waals surface area contributed by atoms with Crippen LogP contribution in [0.1, 0.15) is 59.4 Å². The highest BCUT2D eigenvalue weighted by Crippen LogP contribution is 2.44. The van der Waals surface area contributed by atoms with E-state index >= 15 is 0 Å². The molecule has 2 aromatic heterocycles. The molecule has 1 N–H and O–H groups in total. The van der Waals surface area contributed by atoms with Crippen molar-refractivity contribution in [2.45, 2.75) is 37.5 Å². The molecule has 12 heteroatoms. The van der Waals surface area contributed by atoms with Crippen LogP contribution in [-0.4, -0.2) is 88.6 Å². The maximum atomic E-state index is 13.2. The molecule has 0 spiro atoms. The SMILES string of the molecule is Cn1cncc1[C@H](NC(=O)OCC1CC1)C1=Cc2cccnc2[C@@H](N2CCN(C(=O)O[C@H]3CCOC3)CC2)c2ccc(Cl)cc21. The molecular formula is C33H37ClN6O5. The first kappa shape index (κ1) is 29.8. The highest BCUT2D eigenvalue weighted by atomic mass is 35.5. The molecule has 11 nitrogen and oxygen atoms in total. The van der Waals surface area contributed by atoms with E-state index in [0.717, 1.165) is 52.9 Å².